The number of hydrogen-bond donors (Lipinski definition) is 2. The molecule has 0 unspecified atom stereocenters. The third-order valence-corrected chi connectivity index (χ3v) is 3.12. The monoisotopic (exact) mass is 245 g/mol. The fourth-order valence-corrected chi connectivity index (χ4v) is 2.18. The summed E-state index contributed by atoms with van der Waals surface area (Å²) in [6.07, 6.45) is 0.291. The van der Waals surface area contributed by atoms with Crippen LogP contribution in [0.3, 0.4) is 0 Å². The number of hydrogen-bond acceptors (Lipinski definition) is 5. The summed E-state index contributed by atoms with van der Waals surface area (Å²) < 4.78 is 5.26. The van der Waals surface area contributed by atoms with Crippen molar-refractivity contribution in [1.29, 1.82) is 0 Å². The van der Waals surface area contributed by atoms with Crippen LogP contribution in [0.15, 0.2) is 28.8 Å². The molecule has 2 aromatic rings. The first-order valence-electron chi connectivity index (χ1n) is 6.04. The lowest BCUT2D eigenvalue weighted by atomic mass is 10.1. The van der Waals surface area contributed by atoms with Crippen LogP contribution in [0, 0.1) is 6.92 Å². The molecule has 0 amide bonds. The van der Waals surface area contributed by atoms with Crippen LogP contribution in [0.5, 0.6) is 0 Å². The Morgan fingerprint density at radius 3 is 3.06 bits per heavy atom. The lowest BCUT2D eigenvalue weighted by Gasteiger charge is -2.01. The summed E-state index contributed by atoms with van der Waals surface area (Å²) >= 11 is 0. The van der Waals surface area contributed by atoms with E-state index in [1.54, 1.807) is 0 Å². The van der Waals surface area contributed by atoms with E-state index < -0.39 is 0 Å². The Balaban J connectivity index is 1.85. The average Bonchev–Trinajstić information content (AvgIpc) is 2.97. The largest absolute Gasteiger partial charge is 0.392 e. The Labute approximate surface area is 105 Å². The summed E-state index contributed by atoms with van der Waals surface area (Å²) in [7, 11) is 0. The van der Waals surface area contributed by atoms with Crippen molar-refractivity contribution in [1.82, 2.24) is 15.5 Å². The fraction of sp³-hybridized carbons (Fsp3) is 0.385. The highest BCUT2D eigenvalue weighted by Crippen LogP contribution is 2.24. The number of aliphatic hydroxyl groups excluding tert-OH is 1. The summed E-state index contributed by atoms with van der Waals surface area (Å²) in [6, 6.07) is 7.94. The van der Waals surface area contributed by atoms with Gasteiger partial charge in [0.15, 0.2) is 0 Å². The molecule has 1 aromatic heterocycles. The van der Waals surface area contributed by atoms with Gasteiger partial charge in [0.05, 0.1) is 12.1 Å². The van der Waals surface area contributed by atoms with E-state index in [1.807, 2.05) is 31.2 Å². The maximum absolute atomic E-state index is 9.47. The molecule has 0 saturated carbocycles. The third-order valence-electron chi connectivity index (χ3n) is 3.12. The summed E-state index contributed by atoms with van der Waals surface area (Å²) in [5.41, 5.74) is 2.11. The molecule has 1 aliphatic heterocycles. The molecule has 5 heteroatoms. The number of rotatable bonds is 2. The number of β-amino-alcohol motifs (C(OH)–C–C–N with tert-alkyl or cyclic N) is 1. The van der Waals surface area contributed by atoms with Crippen LogP contribution in [0.4, 0.5) is 0 Å². The SMILES string of the molecule is Cc1cccc(-c2noc([C@@H]3C[C@H](O)CN3)n2)c1. The molecule has 5 nitrogen and oxygen atoms in total. The highest BCUT2D eigenvalue weighted by molar-refractivity contribution is 5.55. The fourth-order valence-electron chi connectivity index (χ4n) is 2.18. The first-order valence-corrected chi connectivity index (χ1v) is 6.04. The maximum atomic E-state index is 9.47. The van der Waals surface area contributed by atoms with Gasteiger partial charge in [0, 0.05) is 12.1 Å². The third kappa shape index (κ3) is 2.14. The summed E-state index contributed by atoms with van der Waals surface area (Å²) in [4.78, 5) is 4.39. The molecule has 2 atom stereocenters. The quantitative estimate of drug-likeness (QED) is 0.837. The Kier molecular flexibility index (Phi) is 2.85. The number of aryl methyl sites for hydroxylation is 1. The van der Waals surface area contributed by atoms with Crippen molar-refractivity contribution >= 4 is 0 Å². The van der Waals surface area contributed by atoms with Gasteiger partial charge in [-0.15, -0.1) is 0 Å². The number of nitrogens with one attached hydrogen (secondary N) is 1. The van der Waals surface area contributed by atoms with Gasteiger partial charge in [0.2, 0.25) is 11.7 Å². The van der Waals surface area contributed by atoms with Gasteiger partial charge in [-0.3, -0.25) is 0 Å². The van der Waals surface area contributed by atoms with E-state index in [0.717, 1.165) is 11.1 Å². The topological polar surface area (TPSA) is 71.2 Å². The molecule has 1 saturated heterocycles. The molecular formula is C13H15N3O2. The average molecular weight is 245 g/mol. The van der Waals surface area contributed by atoms with Crippen LogP contribution < -0.4 is 5.32 Å². The second kappa shape index (κ2) is 4.51. The summed E-state index contributed by atoms with van der Waals surface area (Å²) in [5.74, 6) is 1.14. The van der Waals surface area contributed by atoms with E-state index >= 15 is 0 Å². The van der Waals surface area contributed by atoms with E-state index in [1.165, 1.54) is 0 Å². The second-order valence-electron chi connectivity index (χ2n) is 4.68. The summed E-state index contributed by atoms with van der Waals surface area (Å²) in [5, 5.41) is 16.6. The smallest absolute Gasteiger partial charge is 0.244 e. The van der Waals surface area contributed by atoms with Crippen LogP contribution >= 0.6 is 0 Å². The van der Waals surface area contributed by atoms with Gasteiger partial charge in [-0.05, 0) is 19.4 Å². The van der Waals surface area contributed by atoms with Gasteiger partial charge in [-0.2, -0.15) is 4.98 Å². The van der Waals surface area contributed by atoms with E-state index in [-0.39, 0.29) is 12.1 Å². The van der Waals surface area contributed by atoms with Crippen molar-refractivity contribution in [2.24, 2.45) is 0 Å². The van der Waals surface area contributed by atoms with Crippen molar-refractivity contribution < 1.29 is 9.63 Å². The van der Waals surface area contributed by atoms with Gasteiger partial charge in [0.1, 0.15) is 0 Å². The van der Waals surface area contributed by atoms with Crippen LogP contribution in [-0.2, 0) is 0 Å². The van der Waals surface area contributed by atoms with E-state index in [4.69, 9.17) is 4.52 Å². The second-order valence-corrected chi connectivity index (χ2v) is 4.68. The minimum absolute atomic E-state index is 0.0361. The molecule has 18 heavy (non-hydrogen) atoms. The highest BCUT2D eigenvalue weighted by Gasteiger charge is 2.28. The van der Waals surface area contributed by atoms with Crippen LogP contribution in [0.25, 0.3) is 11.4 Å². The van der Waals surface area contributed by atoms with Crippen molar-refractivity contribution in [2.45, 2.75) is 25.5 Å². The predicted molar refractivity (Wildman–Crippen MR) is 65.8 cm³/mol. The van der Waals surface area contributed by atoms with Crippen molar-refractivity contribution in [2.75, 3.05) is 6.54 Å². The number of benzene rings is 1. The van der Waals surface area contributed by atoms with E-state index in [2.05, 4.69) is 15.5 Å². The van der Waals surface area contributed by atoms with Crippen molar-refractivity contribution in [3.05, 3.63) is 35.7 Å². The van der Waals surface area contributed by atoms with Gasteiger partial charge in [-0.25, -0.2) is 0 Å². The number of aliphatic hydroxyl groups is 1. The van der Waals surface area contributed by atoms with E-state index in [0.29, 0.717) is 24.7 Å². The van der Waals surface area contributed by atoms with Gasteiger partial charge in [0.25, 0.3) is 0 Å². The molecule has 0 radical (unpaired) electrons. The maximum Gasteiger partial charge on any atom is 0.244 e. The summed E-state index contributed by atoms with van der Waals surface area (Å²) in [6.45, 7) is 2.60. The minimum Gasteiger partial charge on any atom is -0.392 e. The predicted octanol–water partition coefficient (Wildman–Crippen LogP) is 1.44. The lowest BCUT2D eigenvalue weighted by molar-refractivity contribution is 0.191. The van der Waals surface area contributed by atoms with Gasteiger partial charge < -0.3 is 14.9 Å². The Morgan fingerprint density at radius 1 is 1.44 bits per heavy atom. The molecule has 0 bridgehead atoms. The molecule has 2 heterocycles. The molecule has 0 aliphatic carbocycles. The molecule has 1 aromatic carbocycles. The number of nitrogens with zero attached hydrogens (tertiary/aromatic N) is 2. The zero-order chi connectivity index (χ0) is 12.5. The lowest BCUT2D eigenvalue weighted by Crippen LogP contribution is -2.15. The van der Waals surface area contributed by atoms with Crippen LogP contribution in [-0.4, -0.2) is 27.9 Å². The van der Waals surface area contributed by atoms with E-state index in [9.17, 15) is 5.11 Å². The molecule has 2 N–H and O–H groups in total. The number of aromatic nitrogens is 2. The first kappa shape index (κ1) is 11.4. The molecule has 1 fully saturated rings. The molecule has 1 aliphatic rings. The van der Waals surface area contributed by atoms with Crippen LogP contribution in [0.1, 0.15) is 23.9 Å². The zero-order valence-corrected chi connectivity index (χ0v) is 10.1. The Hall–Kier alpha value is -1.72. The zero-order valence-electron chi connectivity index (χ0n) is 10.1. The molecule has 3 rings (SSSR count). The van der Waals surface area contributed by atoms with Gasteiger partial charge in [-0.1, -0.05) is 28.9 Å². The Morgan fingerprint density at radius 2 is 2.33 bits per heavy atom. The van der Waals surface area contributed by atoms with Crippen molar-refractivity contribution in [3.8, 4) is 11.4 Å². The first-order chi connectivity index (χ1) is 8.72. The van der Waals surface area contributed by atoms with Gasteiger partial charge >= 0.3 is 0 Å². The standard InChI is InChI=1S/C13H15N3O2/c1-8-3-2-4-9(5-8)12-15-13(18-16-12)11-6-10(17)7-14-11/h2-5,10-11,14,17H,6-7H2,1H3/t10-,11-/m0/s1. The van der Waals surface area contributed by atoms with Crippen LogP contribution in [0.2, 0.25) is 0 Å². The highest BCUT2D eigenvalue weighted by atomic mass is 16.5. The van der Waals surface area contributed by atoms with Crippen molar-refractivity contribution in [3.63, 3.8) is 0 Å². The normalized spacial score (nSPS) is 23.4. The molecular weight excluding hydrogens is 230 g/mol. The molecule has 94 valence electrons. The minimum atomic E-state index is -0.329. The Bertz CT molecular complexity index is 553. The molecule has 0 spiro atoms.